The number of benzene rings is 1. The van der Waals surface area contributed by atoms with Crippen molar-refractivity contribution in [1.29, 1.82) is 0 Å². The number of carbonyl (C=O) groups excluding carboxylic acids is 1. The van der Waals surface area contributed by atoms with Crippen molar-refractivity contribution < 1.29 is 22.2 Å². The summed E-state index contributed by atoms with van der Waals surface area (Å²) < 4.78 is 39.0. The zero-order chi connectivity index (χ0) is 16.2. The summed E-state index contributed by atoms with van der Waals surface area (Å²) in [7, 11) is -3.74. The number of methoxy groups -OCH3 is 1. The summed E-state index contributed by atoms with van der Waals surface area (Å²) in [5.41, 5.74) is 0.133. The van der Waals surface area contributed by atoms with Crippen LogP contribution in [0.3, 0.4) is 0 Å². The number of hydrogen-bond acceptors (Lipinski definition) is 5. The van der Waals surface area contributed by atoms with Gasteiger partial charge in [0.15, 0.2) is 0 Å². The minimum atomic E-state index is -4.00. The second-order valence-corrected chi connectivity index (χ2v) is 7.53. The minimum Gasteiger partial charge on any atom is -0.495 e. The van der Waals surface area contributed by atoms with Gasteiger partial charge >= 0.3 is 0 Å². The SMILES string of the molecule is COc1ccc(C(=O)NC(C)CS(C)=O)cc1S(N)(=O)=O. The van der Waals surface area contributed by atoms with Gasteiger partial charge in [0, 0.05) is 34.4 Å². The number of carbonyl (C=O) groups is 1. The van der Waals surface area contributed by atoms with Gasteiger partial charge in [-0.1, -0.05) is 0 Å². The fraction of sp³-hybridized carbons (Fsp3) is 0.417. The van der Waals surface area contributed by atoms with E-state index < -0.39 is 26.7 Å². The molecule has 9 heteroatoms. The average molecular weight is 334 g/mol. The van der Waals surface area contributed by atoms with Gasteiger partial charge in [-0.15, -0.1) is 0 Å². The van der Waals surface area contributed by atoms with Crippen LogP contribution in [0.25, 0.3) is 0 Å². The molecule has 0 radical (unpaired) electrons. The van der Waals surface area contributed by atoms with E-state index in [1.165, 1.54) is 25.5 Å². The summed E-state index contributed by atoms with van der Waals surface area (Å²) in [6, 6.07) is 3.64. The molecule has 1 aromatic carbocycles. The van der Waals surface area contributed by atoms with Gasteiger partial charge in [-0.25, -0.2) is 13.6 Å². The molecular formula is C12H18N2O5S2. The Hall–Kier alpha value is -1.45. The molecule has 1 amide bonds. The maximum absolute atomic E-state index is 12.0. The lowest BCUT2D eigenvalue weighted by atomic mass is 10.2. The first kappa shape index (κ1) is 17.6. The molecule has 0 bridgehead atoms. The highest BCUT2D eigenvalue weighted by Gasteiger charge is 2.19. The van der Waals surface area contributed by atoms with Crippen LogP contribution >= 0.6 is 0 Å². The van der Waals surface area contributed by atoms with Gasteiger partial charge in [-0.3, -0.25) is 9.00 Å². The van der Waals surface area contributed by atoms with Gasteiger partial charge in [0.25, 0.3) is 5.91 Å². The Kier molecular flexibility index (Phi) is 5.87. The lowest BCUT2D eigenvalue weighted by Gasteiger charge is -2.13. The standard InChI is InChI=1S/C12H18N2O5S2/c1-8(7-20(3)16)14-12(15)9-4-5-10(19-2)11(6-9)21(13,17)18/h4-6,8H,7H2,1-3H3,(H,14,15)(H2,13,17,18). The molecule has 21 heavy (non-hydrogen) atoms. The fourth-order valence-corrected chi connectivity index (χ4v) is 3.25. The lowest BCUT2D eigenvalue weighted by molar-refractivity contribution is 0.0943. The van der Waals surface area contributed by atoms with Crippen LogP contribution < -0.4 is 15.2 Å². The maximum atomic E-state index is 12.0. The first-order valence-electron chi connectivity index (χ1n) is 5.97. The Morgan fingerprint density at radius 1 is 1.48 bits per heavy atom. The summed E-state index contributed by atoms with van der Waals surface area (Å²) in [5.74, 6) is -0.0958. The number of nitrogens with two attached hydrogens (primary N) is 1. The van der Waals surface area contributed by atoms with E-state index >= 15 is 0 Å². The predicted molar refractivity (Wildman–Crippen MR) is 80.2 cm³/mol. The summed E-state index contributed by atoms with van der Waals surface area (Å²) >= 11 is 0. The number of hydrogen-bond donors (Lipinski definition) is 2. The first-order valence-corrected chi connectivity index (χ1v) is 9.24. The van der Waals surface area contributed by atoms with Crippen LogP contribution in [0.15, 0.2) is 23.1 Å². The molecule has 2 unspecified atom stereocenters. The van der Waals surface area contributed by atoms with Crippen molar-refractivity contribution >= 4 is 26.7 Å². The summed E-state index contributed by atoms with van der Waals surface area (Å²) in [6.07, 6.45) is 1.54. The van der Waals surface area contributed by atoms with Gasteiger partial charge in [0.05, 0.1) is 7.11 Å². The Morgan fingerprint density at radius 3 is 2.57 bits per heavy atom. The zero-order valence-electron chi connectivity index (χ0n) is 12.0. The van der Waals surface area contributed by atoms with Crippen LogP contribution in [0.5, 0.6) is 5.75 Å². The number of amides is 1. The highest BCUT2D eigenvalue weighted by Crippen LogP contribution is 2.23. The Bertz CT molecular complexity index is 658. The van der Waals surface area contributed by atoms with Crippen molar-refractivity contribution in [3.05, 3.63) is 23.8 Å². The van der Waals surface area contributed by atoms with Crippen molar-refractivity contribution in [3.63, 3.8) is 0 Å². The van der Waals surface area contributed by atoms with E-state index in [0.29, 0.717) is 5.75 Å². The van der Waals surface area contributed by atoms with Crippen LogP contribution in [0.2, 0.25) is 0 Å². The van der Waals surface area contributed by atoms with E-state index in [4.69, 9.17) is 9.88 Å². The number of ether oxygens (including phenoxy) is 1. The van der Waals surface area contributed by atoms with Gasteiger partial charge in [0.2, 0.25) is 10.0 Å². The third-order valence-corrected chi connectivity index (χ3v) is 4.50. The molecule has 7 nitrogen and oxygen atoms in total. The largest absolute Gasteiger partial charge is 0.495 e. The second-order valence-electron chi connectivity index (χ2n) is 4.53. The molecular weight excluding hydrogens is 316 g/mol. The first-order chi connectivity index (χ1) is 9.65. The van der Waals surface area contributed by atoms with Crippen LogP contribution in [0, 0.1) is 0 Å². The van der Waals surface area contributed by atoms with Gasteiger partial charge in [-0.2, -0.15) is 0 Å². The number of rotatable bonds is 6. The summed E-state index contributed by atoms with van der Waals surface area (Å²) in [4.78, 5) is 11.8. The van der Waals surface area contributed by atoms with E-state index in [0.717, 1.165) is 6.07 Å². The van der Waals surface area contributed by atoms with Crippen molar-refractivity contribution in [1.82, 2.24) is 5.32 Å². The fourth-order valence-electron chi connectivity index (χ4n) is 1.74. The average Bonchev–Trinajstić information content (AvgIpc) is 2.35. The van der Waals surface area contributed by atoms with Crippen LogP contribution in [0.4, 0.5) is 0 Å². The molecule has 118 valence electrons. The molecule has 0 aliphatic heterocycles. The van der Waals surface area contributed by atoms with Gasteiger partial charge < -0.3 is 10.1 Å². The molecule has 1 rings (SSSR count). The second kappa shape index (κ2) is 7.01. The quantitative estimate of drug-likeness (QED) is 0.750. The van der Waals surface area contributed by atoms with Crippen LogP contribution in [0.1, 0.15) is 17.3 Å². The van der Waals surface area contributed by atoms with E-state index in [-0.39, 0.29) is 22.3 Å². The minimum absolute atomic E-state index is 0.0664. The van der Waals surface area contributed by atoms with Crippen molar-refractivity contribution in [2.75, 3.05) is 19.1 Å². The molecule has 0 spiro atoms. The van der Waals surface area contributed by atoms with Crippen molar-refractivity contribution in [2.24, 2.45) is 5.14 Å². The van der Waals surface area contributed by atoms with E-state index in [1.54, 1.807) is 6.92 Å². The highest BCUT2D eigenvalue weighted by molar-refractivity contribution is 7.89. The third kappa shape index (κ3) is 5.10. The Morgan fingerprint density at radius 2 is 2.10 bits per heavy atom. The van der Waals surface area contributed by atoms with Gasteiger partial charge in [-0.05, 0) is 25.1 Å². The Balaban J connectivity index is 3.04. The van der Waals surface area contributed by atoms with Crippen LogP contribution in [-0.4, -0.2) is 43.7 Å². The number of sulfonamides is 1. The van der Waals surface area contributed by atoms with E-state index in [1.807, 2.05) is 0 Å². The van der Waals surface area contributed by atoms with Crippen LogP contribution in [-0.2, 0) is 20.8 Å². The summed E-state index contributed by atoms with van der Waals surface area (Å²) in [6.45, 7) is 1.71. The molecule has 0 aromatic heterocycles. The maximum Gasteiger partial charge on any atom is 0.251 e. The smallest absolute Gasteiger partial charge is 0.251 e. The highest BCUT2D eigenvalue weighted by atomic mass is 32.2. The third-order valence-electron chi connectivity index (χ3n) is 2.59. The predicted octanol–water partition coefficient (Wildman–Crippen LogP) is -0.161. The molecule has 1 aromatic rings. The molecule has 0 aliphatic rings. The number of primary sulfonamides is 1. The Labute approximate surface area is 126 Å². The molecule has 0 aliphatic carbocycles. The molecule has 0 fully saturated rings. The topological polar surface area (TPSA) is 116 Å². The molecule has 2 atom stereocenters. The zero-order valence-corrected chi connectivity index (χ0v) is 13.6. The molecule has 0 saturated carbocycles. The van der Waals surface area contributed by atoms with Gasteiger partial charge in [0.1, 0.15) is 10.6 Å². The van der Waals surface area contributed by atoms with E-state index in [9.17, 15) is 17.4 Å². The van der Waals surface area contributed by atoms with E-state index in [2.05, 4.69) is 5.32 Å². The monoisotopic (exact) mass is 334 g/mol. The number of nitrogens with one attached hydrogen (secondary N) is 1. The van der Waals surface area contributed by atoms with Crippen molar-refractivity contribution in [3.8, 4) is 5.75 Å². The molecule has 0 heterocycles. The summed E-state index contributed by atoms with van der Waals surface area (Å²) in [5, 5.41) is 7.72. The molecule has 3 N–H and O–H groups in total. The normalized spacial score (nSPS) is 14.3. The van der Waals surface area contributed by atoms with Crippen molar-refractivity contribution in [2.45, 2.75) is 17.9 Å². The lowest BCUT2D eigenvalue weighted by Crippen LogP contribution is -2.36. The molecule has 0 saturated heterocycles.